The molecule has 2 atom stereocenters. The molecule has 5 heteroatoms. The molecule has 2 rings (SSSR count). The summed E-state index contributed by atoms with van der Waals surface area (Å²) in [7, 11) is 0. The van der Waals surface area contributed by atoms with Gasteiger partial charge in [0.2, 0.25) is 0 Å². The molecule has 17 heavy (non-hydrogen) atoms. The number of aryl methyl sites for hydroxylation is 1. The maximum atomic E-state index is 12.0. The van der Waals surface area contributed by atoms with Crippen molar-refractivity contribution in [3.63, 3.8) is 0 Å². The molecule has 94 valence electrons. The molecule has 1 aliphatic rings. The predicted octanol–water partition coefficient (Wildman–Crippen LogP) is 1.10. The molecule has 1 aromatic rings. The van der Waals surface area contributed by atoms with Gasteiger partial charge in [-0.2, -0.15) is 0 Å². The number of aromatic nitrogens is 2. The average Bonchev–Trinajstić information content (AvgIpc) is 2.85. The van der Waals surface area contributed by atoms with Gasteiger partial charge in [-0.25, -0.2) is 4.98 Å². The molecule has 0 aliphatic carbocycles. The summed E-state index contributed by atoms with van der Waals surface area (Å²) >= 11 is 0. The first kappa shape index (κ1) is 12.1. The van der Waals surface area contributed by atoms with Gasteiger partial charge >= 0.3 is 0 Å². The third-order valence-electron chi connectivity index (χ3n) is 3.29. The lowest BCUT2D eigenvalue weighted by Gasteiger charge is -2.19. The lowest BCUT2D eigenvalue weighted by atomic mass is 10.0. The summed E-state index contributed by atoms with van der Waals surface area (Å²) in [4.78, 5) is 16.1. The topological polar surface area (TPSA) is 56.1 Å². The number of nitrogens with zero attached hydrogens (tertiary/aromatic N) is 2. The molecule has 1 fully saturated rings. The van der Waals surface area contributed by atoms with Crippen LogP contribution in [0.4, 0.5) is 5.82 Å². The maximum Gasteiger partial charge on any atom is 0.293 e. The van der Waals surface area contributed by atoms with E-state index in [9.17, 15) is 4.79 Å². The van der Waals surface area contributed by atoms with Crippen LogP contribution >= 0.6 is 0 Å². The summed E-state index contributed by atoms with van der Waals surface area (Å²) in [6, 6.07) is 0.213. The van der Waals surface area contributed by atoms with Crippen LogP contribution in [0.2, 0.25) is 0 Å². The number of hydrogen-bond acceptors (Lipinski definition) is 4. The van der Waals surface area contributed by atoms with Gasteiger partial charge in [-0.05, 0) is 20.3 Å². The second-order valence-corrected chi connectivity index (χ2v) is 4.42. The van der Waals surface area contributed by atoms with E-state index in [2.05, 4.69) is 17.2 Å². The smallest absolute Gasteiger partial charge is 0.293 e. The van der Waals surface area contributed by atoms with Crippen molar-refractivity contribution in [3.8, 4) is 0 Å². The van der Waals surface area contributed by atoms with Crippen LogP contribution in [0.1, 0.15) is 20.3 Å². The van der Waals surface area contributed by atoms with Crippen molar-refractivity contribution in [3.05, 3.63) is 22.7 Å². The minimum absolute atomic E-state index is 0.0548. The minimum atomic E-state index is -0.0548. The van der Waals surface area contributed by atoms with Crippen molar-refractivity contribution in [2.24, 2.45) is 5.92 Å². The minimum Gasteiger partial charge on any atom is -0.381 e. The Labute approximate surface area is 101 Å². The molecule has 0 saturated carbocycles. The molecule has 2 unspecified atom stereocenters. The fourth-order valence-electron chi connectivity index (χ4n) is 2.08. The fourth-order valence-corrected chi connectivity index (χ4v) is 2.08. The highest BCUT2D eigenvalue weighted by atomic mass is 16.5. The van der Waals surface area contributed by atoms with Crippen LogP contribution in [0.15, 0.2) is 17.2 Å². The Morgan fingerprint density at radius 2 is 2.53 bits per heavy atom. The Morgan fingerprint density at radius 1 is 1.71 bits per heavy atom. The number of hydrogen-bond donors (Lipinski definition) is 1. The predicted molar refractivity (Wildman–Crippen MR) is 66.2 cm³/mol. The van der Waals surface area contributed by atoms with Gasteiger partial charge in [0.1, 0.15) is 0 Å². The Morgan fingerprint density at radius 3 is 3.18 bits per heavy atom. The van der Waals surface area contributed by atoms with Crippen LogP contribution in [0, 0.1) is 5.92 Å². The molecular weight excluding hydrogens is 218 g/mol. The van der Waals surface area contributed by atoms with E-state index in [4.69, 9.17) is 4.74 Å². The summed E-state index contributed by atoms with van der Waals surface area (Å²) in [6.07, 6.45) is 4.41. The lowest BCUT2D eigenvalue weighted by Crippen LogP contribution is -2.32. The van der Waals surface area contributed by atoms with Crippen LogP contribution < -0.4 is 10.9 Å². The summed E-state index contributed by atoms with van der Waals surface area (Å²) in [5, 5.41) is 3.20. The monoisotopic (exact) mass is 237 g/mol. The van der Waals surface area contributed by atoms with E-state index in [0.717, 1.165) is 19.6 Å². The Kier molecular flexibility index (Phi) is 3.78. The number of nitrogens with one attached hydrogen (secondary N) is 1. The van der Waals surface area contributed by atoms with E-state index in [0.29, 0.717) is 18.3 Å². The highest BCUT2D eigenvalue weighted by Gasteiger charge is 2.23. The first-order valence-corrected chi connectivity index (χ1v) is 6.12. The molecule has 1 aromatic heterocycles. The molecule has 0 amide bonds. The van der Waals surface area contributed by atoms with Gasteiger partial charge < -0.3 is 14.6 Å². The zero-order valence-electron chi connectivity index (χ0n) is 10.3. The van der Waals surface area contributed by atoms with E-state index < -0.39 is 0 Å². The van der Waals surface area contributed by atoms with Crippen LogP contribution in [0.5, 0.6) is 0 Å². The van der Waals surface area contributed by atoms with Crippen molar-refractivity contribution >= 4 is 5.82 Å². The van der Waals surface area contributed by atoms with E-state index in [1.165, 1.54) is 0 Å². The molecule has 1 saturated heterocycles. The molecule has 5 nitrogen and oxygen atoms in total. The number of rotatable bonds is 4. The van der Waals surface area contributed by atoms with Gasteiger partial charge in [0.15, 0.2) is 5.82 Å². The number of ether oxygens (including phenoxy) is 1. The first-order valence-electron chi connectivity index (χ1n) is 6.12. The highest BCUT2D eigenvalue weighted by Crippen LogP contribution is 2.18. The third kappa shape index (κ3) is 2.66. The second kappa shape index (κ2) is 5.31. The third-order valence-corrected chi connectivity index (χ3v) is 3.29. The van der Waals surface area contributed by atoms with Crippen molar-refractivity contribution in [1.29, 1.82) is 0 Å². The van der Waals surface area contributed by atoms with Gasteiger partial charge in [-0.3, -0.25) is 4.79 Å². The summed E-state index contributed by atoms with van der Waals surface area (Å²) in [6.45, 7) is 6.27. The largest absolute Gasteiger partial charge is 0.381 e. The Bertz CT molecular complexity index is 424. The normalized spacial score (nSPS) is 21.4. The summed E-state index contributed by atoms with van der Waals surface area (Å²) in [5.41, 5.74) is -0.0548. The van der Waals surface area contributed by atoms with Gasteiger partial charge in [0.05, 0.1) is 6.61 Å². The molecule has 0 radical (unpaired) electrons. The molecule has 2 heterocycles. The molecule has 0 bridgehead atoms. The number of anilines is 1. The quantitative estimate of drug-likeness (QED) is 0.852. The van der Waals surface area contributed by atoms with Gasteiger partial charge in [-0.15, -0.1) is 0 Å². The Hall–Kier alpha value is -1.36. The van der Waals surface area contributed by atoms with E-state index in [1.807, 2.05) is 6.92 Å². The lowest BCUT2D eigenvalue weighted by molar-refractivity contribution is 0.183. The van der Waals surface area contributed by atoms with Gasteiger partial charge in [-0.1, -0.05) is 0 Å². The highest BCUT2D eigenvalue weighted by molar-refractivity contribution is 5.32. The molecule has 1 N–H and O–H groups in total. The van der Waals surface area contributed by atoms with E-state index in [-0.39, 0.29) is 11.6 Å². The van der Waals surface area contributed by atoms with Gasteiger partial charge in [0.25, 0.3) is 5.56 Å². The van der Waals surface area contributed by atoms with Crippen molar-refractivity contribution in [2.45, 2.75) is 32.9 Å². The summed E-state index contributed by atoms with van der Waals surface area (Å²) < 4.78 is 6.99. The van der Waals surface area contributed by atoms with Crippen LogP contribution in [-0.4, -0.2) is 28.8 Å². The van der Waals surface area contributed by atoms with Crippen molar-refractivity contribution < 1.29 is 4.74 Å². The van der Waals surface area contributed by atoms with Crippen molar-refractivity contribution in [1.82, 2.24) is 9.55 Å². The summed E-state index contributed by atoms with van der Waals surface area (Å²) in [5.74, 6) is 0.903. The zero-order chi connectivity index (χ0) is 12.3. The standard InChI is InChI=1S/C12H19N3O2/c1-3-15-6-5-13-11(12(15)16)14-9(2)10-4-7-17-8-10/h5-6,9-10H,3-4,7-8H2,1-2H3,(H,13,14). The SMILES string of the molecule is CCn1ccnc(NC(C)C2CCOC2)c1=O. The van der Waals surface area contributed by atoms with Gasteiger partial charge in [0, 0.05) is 37.5 Å². The van der Waals surface area contributed by atoms with Crippen LogP contribution in [-0.2, 0) is 11.3 Å². The maximum absolute atomic E-state index is 12.0. The van der Waals surface area contributed by atoms with E-state index in [1.54, 1.807) is 17.0 Å². The fraction of sp³-hybridized carbons (Fsp3) is 0.667. The second-order valence-electron chi connectivity index (χ2n) is 4.42. The average molecular weight is 237 g/mol. The molecule has 1 aliphatic heterocycles. The zero-order valence-corrected chi connectivity index (χ0v) is 10.3. The first-order chi connectivity index (χ1) is 8.22. The Balaban J connectivity index is 2.10. The molecular formula is C12H19N3O2. The van der Waals surface area contributed by atoms with E-state index >= 15 is 0 Å². The van der Waals surface area contributed by atoms with Crippen LogP contribution in [0.3, 0.4) is 0 Å². The molecule has 0 aromatic carbocycles. The van der Waals surface area contributed by atoms with Crippen LogP contribution in [0.25, 0.3) is 0 Å². The van der Waals surface area contributed by atoms with Crippen molar-refractivity contribution in [2.75, 3.05) is 18.5 Å². The molecule has 0 spiro atoms.